The summed E-state index contributed by atoms with van der Waals surface area (Å²) in [4.78, 5) is 7.27. The molecule has 1 aliphatic heterocycles. The van der Waals surface area contributed by atoms with Crippen molar-refractivity contribution in [3.05, 3.63) is 48.4 Å². The molecule has 0 spiro atoms. The van der Waals surface area contributed by atoms with E-state index in [-0.39, 0.29) is 0 Å². The predicted molar refractivity (Wildman–Crippen MR) is 115 cm³/mol. The second-order valence-electron chi connectivity index (χ2n) is 7.14. The molecule has 0 aliphatic carbocycles. The van der Waals surface area contributed by atoms with E-state index >= 15 is 0 Å². The van der Waals surface area contributed by atoms with Crippen LogP contribution in [-0.4, -0.2) is 51.8 Å². The summed E-state index contributed by atoms with van der Waals surface area (Å²) in [6.07, 6.45) is 3.87. The number of imidazole rings is 1. The average Bonchev–Trinajstić information content (AvgIpc) is 3.32. The molecule has 8 heteroatoms. The van der Waals surface area contributed by atoms with Gasteiger partial charge in [-0.05, 0) is 49.3 Å². The molecule has 4 N–H and O–H groups in total. The fraction of sp³-hybridized carbons (Fsp3) is 0.400. The number of nitrogens with two attached hydrogens (primary N) is 1. The van der Waals surface area contributed by atoms with Crippen LogP contribution in [-0.2, 0) is 6.54 Å². The quantitative estimate of drug-likeness (QED) is 0.527. The number of nitrogens with one attached hydrogen (secondary N) is 2. The van der Waals surface area contributed by atoms with E-state index in [9.17, 15) is 0 Å². The number of fused-ring (bicyclic) bond motifs is 1. The molecular weight excluding hydrogens is 372 g/mol. The molecule has 148 valence electrons. The van der Waals surface area contributed by atoms with E-state index in [1.807, 2.05) is 24.3 Å². The number of rotatable bonds is 7. The molecule has 0 atom stereocenters. The zero-order valence-electron chi connectivity index (χ0n) is 15.8. The Hall–Kier alpha value is -2.58. The maximum atomic E-state index is 5.56. The smallest absolute Gasteiger partial charge is 0.204 e. The van der Waals surface area contributed by atoms with Gasteiger partial charge in [0.2, 0.25) is 5.95 Å². The van der Waals surface area contributed by atoms with Crippen LogP contribution in [0.15, 0.2) is 47.1 Å². The SMILES string of the molecule is NC(=S)NCCN1CCC(Nc2nc3ccccc3n2Cc2ccco2)CC1. The third kappa shape index (κ3) is 4.45. The first-order valence-corrected chi connectivity index (χ1v) is 10.1. The lowest BCUT2D eigenvalue weighted by Crippen LogP contribution is -2.43. The summed E-state index contributed by atoms with van der Waals surface area (Å²) in [6.45, 7) is 4.52. The zero-order valence-corrected chi connectivity index (χ0v) is 16.6. The van der Waals surface area contributed by atoms with E-state index in [1.165, 1.54) is 0 Å². The second-order valence-corrected chi connectivity index (χ2v) is 7.58. The maximum Gasteiger partial charge on any atom is 0.204 e. The van der Waals surface area contributed by atoms with E-state index < -0.39 is 0 Å². The third-order valence-electron chi connectivity index (χ3n) is 5.20. The van der Waals surface area contributed by atoms with Gasteiger partial charge in [0.05, 0.1) is 23.8 Å². The fourth-order valence-corrected chi connectivity index (χ4v) is 3.83. The summed E-state index contributed by atoms with van der Waals surface area (Å²) < 4.78 is 7.76. The lowest BCUT2D eigenvalue weighted by Gasteiger charge is -2.32. The first kappa shape index (κ1) is 18.8. The largest absolute Gasteiger partial charge is 0.467 e. The first-order chi connectivity index (χ1) is 13.7. The number of anilines is 1. The van der Waals surface area contributed by atoms with Crippen molar-refractivity contribution in [2.75, 3.05) is 31.5 Å². The van der Waals surface area contributed by atoms with Gasteiger partial charge < -0.3 is 30.3 Å². The number of likely N-dealkylation sites (tertiary alicyclic amines) is 1. The van der Waals surface area contributed by atoms with Crippen LogP contribution in [0, 0.1) is 0 Å². The van der Waals surface area contributed by atoms with Gasteiger partial charge in [0.1, 0.15) is 5.76 Å². The molecule has 0 bridgehead atoms. The zero-order chi connectivity index (χ0) is 19.3. The Morgan fingerprint density at radius 3 is 2.79 bits per heavy atom. The molecule has 0 radical (unpaired) electrons. The van der Waals surface area contributed by atoms with Crippen molar-refractivity contribution in [2.45, 2.75) is 25.4 Å². The molecule has 7 nitrogen and oxygen atoms in total. The van der Waals surface area contributed by atoms with E-state index in [2.05, 4.69) is 32.2 Å². The molecule has 3 heterocycles. The van der Waals surface area contributed by atoms with Gasteiger partial charge >= 0.3 is 0 Å². The van der Waals surface area contributed by atoms with Gasteiger partial charge in [0, 0.05) is 32.2 Å². The first-order valence-electron chi connectivity index (χ1n) is 9.69. The van der Waals surface area contributed by atoms with E-state index in [4.69, 9.17) is 27.4 Å². The van der Waals surface area contributed by atoms with Crippen LogP contribution >= 0.6 is 12.2 Å². The van der Waals surface area contributed by atoms with Crippen molar-refractivity contribution < 1.29 is 4.42 Å². The van der Waals surface area contributed by atoms with Gasteiger partial charge in [-0.15, -0.1) is 0 Å². The van der Waals surface area contributed by atoms with Crippen LogP contribution in [0.4, 0.5) is 5.95 Å². The van der Waals surface area contributed by atoms with Crippen molar-refractivity contribution in [1.82, 2.24) is 19.8 Å². The number of benzene rings is 1. The van der Waals surface area contributed by atoms with Crippen molar-refractivity contribution >= 4 is 34.3 Å². The van der Waals surface area contributed by atoms with Crippen molar-refractivity contribution in [1.29, 1.82) is 0 Å². The molecule has 2 aromatic heterocycles. The summed E-state index contributed by atoms with van der Waals surface area (Å²) in [7, 11) is 0. The van der Waals surface area contributed by atoms with Gasteiger partial charge in [-0.1, -0.05) is 12.1 Å². The lowest BCUT2D eigenvalue weighted by molar-refractivity contribution is 0.222. The molecule has 28 heavy (non-hydrogen) atoms. The molecule has 1 saturated heterocycles. The highest BCUT2D eigenvalue weighted by molar-refractivity contribution is 7.80. The number of furan rings is 1. The molecule has 1 aliphatic rings. The van der Waals surface area contributed by atoms with Gasteiger partial charge in [0.15, 0.2) is 5.11 Å². The number of para-hydroxylation sites is 2. The normalized spacial score (nSPS) is 15.7. The minimum Gasteiger partial charge on any atom is -0.467 e. The molecule has 0 unspecified atom stereocenters. The minimum atomic E-state index is 0.368. The topological polar surface area (TPSA) is 84.3 Å². The van der Waals surface area contributed by atoms with Crippen LogP contribution < -0.4 is 16.4 Å². The summed E-state index contributed by atoms with van der Waals surface area (Å²) in [5.74, 6) is 1.83. The Morgan fingerprint density at radius 1 is 1.21 bits per heavy atom. The van der Waals surface area contributed by atoms with Crippen molar-refractivity contribution in [2.24, 2.45) is 5.73 Å². The molecule has 0 saturated carbocycles. The molecular formula is C20H26N6OS. The molecule has 3 aromatic rings. The van der Waals surface area contributed by atoms with Gasteiger partial charge in [-0.25, -0.2) is 4.98 Å². The summed E-state index contributed by atoms with van der Waals surface area (Å²) in [6, 6.07) is 12.6. The van der Waals surface area contributed by atoms with E-state index in [0.717, 1.165) is 61.8 Å². The summed E-state index contributed by atoms with van der Waals surface area (Å²) in [5, 5.41) is 7.06. The minimum absolute atomic E-state index is 0.368. The predicted octanol–water partition coefficient (Wildman–Crippen LogP) is 2.39. The Balaban J connectivity index is 1.41. The number of nitrogens with zero attached hydrogens (tertiary/aromatic N) is 3. The Bertz CT molecular complexity index is 914. The molecule has 0 amide bonds. The van der Waals surface area contributed by atoms with Gasteiger partial charge in [-0.2, -0.15) is 0 Å². The Morgan fingerprint density at radius 2 is 2.04 bits per heavy atom. The number of hydrogen-bond acceptors (Lipinski definition) is 5. The molecule has 4 rings (SSSR count). The average molecular weight is 399 g/mol. The second kappa shape index (κ2) is 8.62. The van der Waals surface area contributed by atoms with Crippen LogP contribution in [0.25, 0.3) is 11.0 Å². The van der Waals surface area contributed by atoms with Crippen LogP contribution in [0.3, 0.4) is 0 Å². The highest BCUT2D eigenvalue weighted by atomic mass is 32.1. The van der Waals surface area contributed by atoms with E-state index in [1.54, 1.807) is 6.26 Å². The summed E-state index contributed by atoms with van der Waals surface area (Å²) >= 11 is 4.86. The Kier molecular flexibility index (Phi) is 5.78. The van der Waals surface area contributed by atoms with Crippen molar-refractivity contribution in [3.63, 3.8) is 0 Å². The summed E-state index contributed by atoms with van der Waals surface area (Å²) in [5.41, 5.74) is 7.60. The van der Waals surface area contributed by atoms with Crippen LogP contribution in [0.2, 0.25) is 0 Å². The van der Waals surface area contributed by atoms with Crippen LogP contribution in [0.5, 0.6) is 0 Å². The van der Waals surface area contributed by atoms with Gasteiger partial charge in [0.25, 0.3) is 0 Å². The van der Waals surface area contributed by atoms with Crippen molar-refractivity contribution in [3.8, 4) is 0 Å². The monoisotopic (exact) mass is 398 g/mol. The number of aromatic nitrogens is 2. The maximum absolute atomic E-state index is 5.56. The van der Waals surface area contributed by atoms with E-state index in [0.29, 0.717) is 17.7 Å². The fourth-order valence-electron chi connectivity index (χ4n) is 3.72. The lowest BCUT2D eigenvalue weighted by atomic mass is 10.1. The third-order valence-corrected chi connectivity index (χ3v) is 5.34. The van der Waals surface area contributed by atoms with Crippen LogP contribution in [0.1, 0.15) is 18.6 Å². The number of thiocarbonyl (C=S) groups is 1. The number of hydrogen-bond donors (Lipinski definition) is 3. The highest BCUT2D eigenvalue weighted by Gasteiger charge is 2.21. The Labute approximate surface area is 169 Å². The number of piperidine rings is 1. The van der Waals surface area contributed by atoms with Gasteiger partial charge in [-0.3, -0.25) is 0 Å². The molecule has 1 fully saturated rings. The highest BCUT2D eigenvalue weighted by Crippen LogP contribution is 2.23. The standard InChI is InChI=1S/C20H26N6OS/c21-19(28)22-9-12-25-10-7-15(8-11-25)23-20-24-17-5-1-2-6-18(17)26(20)14-16-4-3-13-27-16/h1-6,13,15H,7-12,14H2,(H,23,24)(H3,21,22,28). The molecule has 1 aromatic carbocycles.